The monoisotopic (exact) mass is 128 g/mol. The van der Waals surface area contributed by atoms with Gasteiger partial charge in [-0.15, -0.1) is 0 Å². The summed E-state index contributed by atoms with van der Waals surface area (Å²) in [7, 11) is 0. The van der Waals surface area contributed by atoms with E-state index in [4.69, 9.17) is 0 Å². The molecule has 0 aromatic heterocycles. The summed E-state index contributed by atoms with van der Waals surface area (Å²) in [5.74, 6) is 0. The van der Waals surface area contributed by atoms with E-state index in [2.05, 4.69) is 10.6 Å². The summed E-state index contributed by atoms with van der Waals surface area (Å²) in [6.45, 7) is 5.00. The smallest absolute Gasteiger partial charge is 0.00368 e. The summed E-state index contributed by atoms with van der Waals surface area (Å²) >= 11 is 0. The van der Waals surface area contributed by atoms with Gasteiger partial charge in [0.2, 0.25) is 0 Å². The number of nitrogens with one attached hydrogen (secondary N) is 2. The van der Waals surface area contributed by atoms with Crippen LogP contribution in [0, 0.1) is 0 Å². The van der Waals surface area contributed by atoms with Crippen molar-refractivity contribution < 1.29 is 0 Å². The minimum atomic E-state index is 1.25. The molecule has 2 N–H and O–H groups in total. The first-order chi connectivity index (χ1) is 4.50. The zero-order chi connectivity index (χ0) is 6.36. The highest BCUT2D eigenvalue weighted by Gasteiger charge is 1.93. The lowest BCUT2D eigenvalue weighted by molar-refractivity contribution is 0.527. The molecule has 2 nitrogen and oxygen atoms in total. The molecule has 2 fully saturated rings. The quantitative estimate of drug-likeness (QED) is 0.492. The lowest BCUT2D eigenvalue weighted by Gasteiger charge is -2.09. The normalized spacial score (nSPS) is 24.0. The standard InChI is InChI=1S/C4H9N.C3H7N/c1-2-4-5-3-1;1-2-4-3-1/h5H,1-4H2;4H,1-3H2. The van der Waals surface area contributed by atoms with Gasteiger partial charge in [0.1, 0.15) is 0 Å². The first-order valence-electron chi connectivity index (χ1n) is 3.91. The van der Waals surface area contributed by atoms with Crippen LogP contribution in [0.3, 0.4) is 0 Å². The Bertz CT molecular complexity index is 44.3. The van der Waals surface area contributed by atoms with Crippen LogP contribution in [0.25, 0.3) is 0 Å². The highest BCUT2D eigenvalue weighted by Crippen LogP contribution is 1.90. The van der Waals surface area contributed by atoms with Gasteiger partial charge < -0.3 is 10.6 Å². The van der Waals surface area contributed by atoms with E-state index in [1.54, 1.807) is 0 Å². The molecule has 0 radical (unpaired) electrons. The second kappa shape index (κ2) is 4.77. The average molecular weight is 128 g/mol. The average Bonchev–Trinajstić information content (AvgIpc) is 2.07. The van der Waals surface area contributed by atoms with Crippen LogP contribution < -0.4 is 10.6 Å². The van der Waals surface area contributed by atoms with E-state index in [1.807, 2.05) is 0 Å². The summed E-state index contributed by atoms with van der Waals surface area (Å²) in [6.07, 6.45) is 4.17. The maximum Gasteiger partial charge on any atom is -0.00368 e. The highest BCUT2D eigenvalue weighted by atomic mass is 14.9. The van der Waals surface area contributed by atoms with Crippen molar-refractivity contribution in [3.8, 4) is 0 Å². The molecular formula is C7H16N2. The molecule has 2 heterocycles. The summed E-state index contributed by atoms with van der Waals surface area (Å²) in [4.78, 5) is 0. The third-order valence-electron chi connectivity index (χ3n) is 1.66. The maximum atomic E-state index is 3.22. The van der Waals surface area contributed by atoms with E-state index < -0.39 is 0 Å². The third kappa shape index (κ3) is 3.49. The van der Waals surface area contributed by atoms with Crippen molar-refractivity contribution in [2.24, 2.45) is 0 Å². The van der Waals surface area contributed by atoms with Crippen molar-refractivity contribution in [1.82, 2.24) is 10.6 Å². The van der Waals surface area contributed by atoms with Gasteiger partial charge in [-0.3, -0.25) is 0 Å². The third-order valence-corrected chi connectivity index (χ3v) is 1.66. The molecule has 0 saturated carbocycles. The van der Waals surface area contributed by atoms with E-state index in [1.165, 1.54) is 45.4 Å². The lowest BCUT2D eigenvalue weighted by atomic mass is 10.3. The zero-order valence-electron chi connectivity index (χ0n) is 5.95. The molecule has 0 bridgehead atoms. The summed E-state index contributed by atoms with van der Waals surface area (Å²) in [5.41, 5.74) is 0. The van der Waals surface area contributed by atoms with Gasteiger partial charge in [0.25, 0.3) is 0 Å². The van der Waals surface area contributed by atoms with E-state index in [0.29, 0.717) is 0 Å². The first-order valence-corrected chi connectivity index (χ1v) is 3.91. The van der Waals surface area contributed by atoms with Gasteiger partial charge in [-0.1, -0.05) is 0 Å². The molecule has 54 valence electrons. The molecule has 0 amide bonds. The molecule has 2 aliphatic rings. The SMILES string of the molecule is C1CCNC1.C1CNC1. The summed E-state index contributed by atoms with van der Waals surface area (Å²) in [6, 6.07) is 0. The van der Waals surface area contributed by atoms with E-state index in [-0.39, 0.29) is 0 Å². The zero-order valence-corrected chi connectivity index (χ0v) is 5.95. The molecule has 2 heteroatoms. The van der Waals surface area contributed by atoms with Crippen molar-refractivity contribution in [1.29, 1.82) is 0 Å². The Morgan fingerprint density at radius 2 is 0.889 bits per heavy atom. The molecule has 2 rings (SSSR count). The van der Waals surface area contributed by atoms with Crippen LogP contribution >= 0.6 is 0 Å². The van der Waals surface area contributed by atoms with Crippen LogP contribution in [-0.4, -0.2) is 26.2 Å². The minimum Gasteiger partial charge on any atom is -0.317 e. The van der Waals surface area contributed by atoms with Gasteiger partial charge in [-0.05, 0) is 45.4 Å². The highest BCUT2D eigenvalue weighted by molar-refractivity contribution is 4.56. The maximum absolute atomic E-state index is 3.22. The molecule has 0 aromatic rings. The summed E-state index contributed by atoms with van der Waals surface area (Å²) in [5, 5.41) is 6.33. The fourth-order valence-electron chi connectivity index (χ4n) is 0.802. The van der Waals surface area contributed by atoms with E-state index in [9.17, 15) is 0 Å². The number of hydrogen-bond acceptors (Lipinski definition) is 2. The van der Waals surface area contributed by atoms with Gasteiger partial charge in [0.05, 0.1) is 0 Å². The second-order valence-corrected chi connectivity index (χ2v) is 2.56. The Hall–Kier alpha value is -0.0800. The molecule has 0 unspecified atom stereocenters. The van der Waals surface area contributed by atoms with E-state index in [0.717, 1.165) is 0 Å². The Morgan fingerprint density at radius 1 is 0.556 bits per heavy atom. The van der Waals surface area contributed by atoms with Crippen LogP contribution in [0.5, 0.6) is 0 Å². The van der Waals surface area contributed by atoms with Crippen molar-refractivity contribution in [2.45, 2.75) is 19.3 Å². The van der Waals surface area contributed by atoms with Crippen molar-refractivity contribution >= 4 is 0 Å². The van der Waals surface area contributed by atoms with E-state index >= 15 is 0 Å². The molecule has 0 aliphatic carbocycles. The number of rotatable bonds is 0. The van der Waals surface area contributed by atoms with Crippen molar-refractivity contribution in [3.05, 3.63) is 0 Å². The largest absolute Gasteiger partial charge is 0.317 e. The number of hydrogen-bond donors (Lipinski definition) is 2. The topological polar surface area (TPSA) is 24.1 Å². The molecule has 9 heavy (non-hydrogen) atoms. The Balaban J connectivity index is 0.0000000922. The fraction of sp³-hybridized carbons (Fsp3) is 1.00. The van der Waals surface area contributed by atoms with Crippen LogP contribution in [0.4, 0.5) is 0 Å². The Kier molecular flexibility index (Phi) is 3.72. The van der Waals surface area contributed by atoms with Gasteiger partial charge in [-0.2, -0.15) is 0 Å². The molecule has 0 atom stereocenters. The second-order valence-electron chi connectivity index (χ2n) is 2.56. The predicted molar refractivity (Wildman–Crippen MR) is 39.6 cm³/mol. The molecule has 0 spiro atoms. The minimum absolute atomic E-state index is 1.25. The first kappa shape index (κ1) is 7.03. The summed E-state index contributed by atoms with van der Waals surface area (Å²) < 4.78 is 0. The molecule has 0 aromatic carbocycles. The van der Waals surface area contributed by atoms with Gasteiger partial charge in [0.15, 0.2) is 0 Å². The van der Waals surface area contributed by atoms with Crippen molar-refractivity contribution in [3.63, 3.8) is 0 Å². The van der Waals surface area contributed by atoms with Crippen LogP contribution in [0.1, 0.15) is 19.3 Å². The van der Waals surface area contributed by atoms with Crippen LogP contribution in [0.2, 0.25) is 0 Å². The predicted octanol–water partition coefficient (Wildman–Crippen LogP) is 0.349. The Morgan fingerprint density at radius 3 is 1.00 bits per heavy atom. The van der Waals surface area contributed by atoms with Crippen LogP contribution in [-0.2, 0) is 0 Å². The van der Waals surface area contributed by atoms with Gasteiger partial charge >= 0.3 is 0 Å². The van der Waals surface area contributed by atoms with Gasteiger partial charge in [-0.25, -0.2) is 0 Å². The molecular weight excluding hydrogens is 112 g/mol. The Labute approximate surface area is 57.0 Å². The fourth-order valence-corrected chi connectivity index (χ4v) is 0.802. The molecule has 2 aliphatic heterocycles. The van der Waals surface area contributed by atoms with Crippen LogP contribution in [0.15, 0.2) is 0 Å². The molecule has 2 saturated heterocycles. The lowest BCUT2D eigenvalue weighted by Crippen LogP contribution is -2.29. The van der Waals surface area contributed by atoms with Gasteiger partial charge in [0, 0.05) is 0 Å². The van der Waals surface area contributed by atoms with Crippen molar-refractivity contribution in [2.75, 3.05) is 26.2 Å².